The maximum Gasteiger partial charge on any atom is 0.269 e. The number of non-ortho nitro benzene ring substituents is 1. The molecular formula is C14H13FN2O2. The van der Waals surface area contributed by atoms with Gasteiger partial charge in [-0.15, -0.1) is 0 Å². The number of hydrogen-bond acceptors (Lipinski definition) is 3. The van der Waals surface area contributed by atoms with E-state index in [-0.39, 0.29) is 17.5 Å². The van der Waals surface area contributed by atoms with Crippen molar-refractivity contribution < 1.29 is 9.31 Å². The van der Waals surface area contributed by atoms with E-state index in [4.69, 9.17) is 0 Å². The van der Waals surface area contributed by atoms with Crippen LogP contribution in [0.1, 0.15) is 18.5 Å². The molecule has 0 aromatic heterocycles. The van der Waals surface area contributed by atoms with Crippen molar-refractivity contribution in [2.45, 2.75) is 13.0 Å². The van der Waals surface area contributed by atoms with E-state index in [1.54, 1.807) is 30.3 Å². The summed E-state index contributed by atoms with van der Waals surface area (Å²) in [5.41, 5.74) is 1.30. The van der Waals surface area contributed by atoms with Crippen LogP contribution in [0.2, 0.25) is 0 Å². The van der Waals surface area contributed by atoms with Crippen LogP contribution in [0.15, 0.2) is 48.5 Å². The van der Waals surface area contributed by atoms with Crippen LogP contribution in [-0.2, 0) is 0 Å². The van der Waals surface area contributed by atoms with E-state index in [2.05, 4.69) is 5.32 Å². The number of nitro groups is 1. The van der Waals surface area contributed by atoms with Crippen LogP contribution in [0, 0.1) is 15.9 Å². The van der Waals surface area contributed by atoms with Crippen molar-refractivity contribution in [1.29, 1.82) is 0 Å². The molecule has 2 rings (SSSR count). The number of nitrogens with zero attached hydrogens (tertiary/aromatic N) is 1. The fourth-order valence-electron chi connectivity index (χ4n) is 1.83. The van der Waals surface area contributed by atoms with Crippen LogP contribution in [0.5, 0.6) is 0 Å². The lowest BCUT2D eigenvalue weighted by Gasteiger charge is -2.16. The van der Waals surface area contributed by atoms with Gasteiger partial charge in [-0.25, -0.2) is 4.39 Å². The Kier molecular flexibility index (Phi) is 3.75. The minimum absolute atomic E-state index is 0.0316. The van der Waals surface area contributed by atoms with Gasteiger partial charge in [0.2, 0.25) is 0 Å². The van der Waals surface area contributed by atoms with Crippen molar-refractivity contribution in [3.63, 3.8) is 0 Å². The van der Waals surface area contributed by atoms with Gasteiger partial charge in [0.15, 0.2) is 0 Å². The summed E-state index contributed by atoms with van der Waals surface area (Å²) < 4.78 is 13.6. The molecule has 0 amide bonds. The Bertz CT molecular complexity index is 584. The summed E-state index contributed by atoms with van der Waals surface area (Å²) >= 11 is 0. The topological polar surface area (TPSA) is 55.2 Å². The van der Waals surface area contributed by atoms with Crippen molar-refractivity contribution in [2.24, 2.45) is 0 Å². The zero-order chi connectivity index (χ0) is 13.8. The van der Waals surface area contributed by atoms with Crippen LogP contribution >= 0.6 is 0 Å². The van der Waals surface area contributed by atoms with Gasteiger partial charge in [0.05, 0.1) is 11.0 Å². The molecule has 2 aromatic carbocycles. The maximum atomic E-state index is 13.6. The van der Waals surface area contributed by atoms with E-state index >= 15 is 0 Å². The highest BCUT2D eigenvalue weighted by molar-refractivity contribution is 5.50. The van der Waals surface area contributed by atoms with E-state index < -0.39 is 4.92 Å². The molecule has 0 spiro atoms. The van der Waals surface area contributed by atoms with E-state index in [9.17, 15) is 14.5 Å². The minimum Gasteiger partial charge on any atom is -0.378 e. The molecule has 0 saturated carbocycles. The lowest BCUT2D eigenvalue weighted by molar-refractivity contribution is -0.384. The first-order valence-electron chi connectivity index (χ1n) is 5.83. The zero-order valence-electron chi connectivity index (χ0n) is 10.3. The van der Waals surface area contributed by atoms with Gasteiger partial charge < -0.3 is 5.32 Å². The Morgan fingerprint density at radius 1 is 1.16 bits per heavy atom. The summed E-state index contributed by atoms with van der Waals surface area (Å²) in [6.07, 6.45) is 0. The average Bonchev–Trinajstić information content (AvgIpc) is 2.39. The zero-order valence-corrected chi connectivity index (χ0v) is 10.3. The molecule has 4 nitrogen and oxygen atoms in total. The van der Waals surface area contributed by atoms with E-state index in [0.717, 1.165) is 0 Å². The fourth-order valence-corrected chi connectivity index (χ4v) is 1.83. The second-order valence-corrected chi connectivity index (χ2v) is 4.19. The molecule has 2 aromatic rings. The van der Waals surface area contributed by atoms with Crippen LogP contribution in [0.4, 0.5) is 15.8 Å². The van der Waals surface area contributed by atoms with Crippen molar-refractivity contribution in [2.75, 3.05) is 5.32 Å². The van der Waals surface area contributed by atoms with E-state index in [0.29, 0.717) is 11.3 Å². The Labute approximate surface area is 110 Å². The molecule has 0 aliphatic carbocycles. The Morgan fingerprint density at radius 2 is 1.79 bits per heavy atom. The summed E-state index contributed by atoms with van der Waals surface area (Å²) in [7, 11) is 0. The van der Waals surface area contributed by atoms with Crippen LogP contribution in [0.3, 0.4) is 0 Å². The molecule has 0 fully saturated rings. The molecular weight excluding hydrogens is 247 g/mol. The highest BCUT2D eigenvalue weighted by Crippen LogP contribution is 2.23. The molecule has 1 N–H and O–H groups in total. The highest BCUT2D eigenvalue weighted by Gasteiger charge is 2.10. The summed E-state index contributed by atoms with van der Waals surface area (Å²) in [6.45, 7) is 1.83. The average molecular weight is 260 g/mol. The monoisotopic (exact) mass is 260 g/mol. The smallest absolute Gasteiger partial charge is 0.269 e. The molecule has 0 aliphatic rings. The van der Waals surface area contributed by atoms with Crippen molar-refractivity contribution in [3.8, 4) is 0 Å². The number of halogens is 1. The first kappa shape index (κ1) is 13.0. The number of anilines is 1. The third-order valence-corrected chi connectivity index (χ3v) is 2.83. The number of hydrogen-bond donors (Lipinski definition) is 1. The first-order chi connectivity index (χ1) is 9.08. The predicted molar refractivity (Wildman–Crippen MR) is 71.5 cm³/mol. The first-order valence-corrected chi connectivity index (χ1v) is 5.83. The number of benzene rings is 2. The second kappa shape index (κ2) is 5.48. The van der Waals surface area contributed by atoms with Gasteiger partial charge in [0.25, 0.3) is 5.69 Å². The van der Waals surface area contributed by atoms with Gasteiger partial charge in [-0.1, -0.05) is 18.2 Å². The van der Waals surface area contributed by atoms with Gasteiger partial charge in [-0.3, -0.25) is 10.1 Å². The third-order valence-electron chi connectivity index (χ3n) is 2.83. The Morgan fingerprint density at radius 3 is 2.37 bits per heavy atom. The lowest BCUT2D eigenvalue weighted by Crippen LogP contribution is -2.08. The Balaban J connectivity index is 2.13. The summed E-state index contributed by atoms with van der Waals surface area (Å²) in [4.78, 5) is 10.1. The molecule has 0 heterocycles. The number of nitrogens with one attached hydrogen (secondary N) is 1. The van der Waals surface area contributed by atoms with E-state index in [1.807, 2.05) is 6.92 Å². The van der Waals surface area contributed by atoms with Gasteiger partial charge in [0, 0.05) is 23.4 Å². The SMILES string of the molecule is CC(Nc1ccc([N+](=O)[O-])cc1)c1ccccc1F. The quantitative estimate of drug-likeness (QED) is 0.669. The van der Waals surface area contributed by atoms with Gasteiger partial charge in [-0.05, 0) is 25.1 Å². The third kappa shape index (κ3) is 3.07. The summed E-state index contributed by atoms with van der Waals surface area (Å²) in [5.74, 6) is -0.274. The molecule has 19 heavy (non-hydrogen) atoms. The summed E-state index contributed by atoms with van der Waals surface area (Å²) in [6, 6.07) is 12.3. The van der Waals surface area contributed by atoms with Crippen LogP contribution < -0.4 is 5.32 Å². The molecule has 98 valence electrons. The molecule has 0 aliphatic heterocycles. The molecule has 0 saturated heterocycles. The molecule has 5 heteroatoms. The normalized spacial score (nSPS) is 11.9. The van der Waals surface area contributed by atoms with Crippen molar-refractivity contribution in [3.05, 3.63) is 70.0 Å². The number of nitro benzene ring substituents is 1. The van der Waals surface area contributed by atoms with Crippen molar-refractivity contribution >= 4 is 11.4 Å². The van der Waals surface area contributed by atoms with Crippen molar-refractivity contribution in [1.82, 2.24) is 0 Å². The van der Waals surface area contributed by atoms with Gasteiger partial charge in [0.1, 0.15) is 5.82 Å². The lowest BCUT2D eigenvalue weighted by atomic mass is 10.1. The summed E-state index contributed by atoms with van der Waals surface area (Å²) in [5, 5.41) is 13.6. The van der Waals surface area contributed by atoms with Crippen LogP contribution in [0.25, 0.3) is 0 Å². The molecule has 0 radical (unpaired) electrons. The van der Waals surface area contributed by atoms with Crippen LogP contribution in [-0.4, -0.2) is 4.92 Å². The molecule has 1 atom stereocenters. The highest BCUT2D eigenvalue weighted by atomic mass is 19.1. The predicted octanol–water partition coefficient (Wildman–Crippen LogP) is 3.91. The largest absolute Gasteiger partial charge is 0.378 e. The second-order valence-electron chi connectivity index (χ2n) is 4.19. The number of rotatable bonds is 4. The standard InChI is InChI=1S/C14H13FN2O2/c1-10(13-4-2-3-5-14(13)15)16-11-6-8-12(9-7-11)17(18)19/h2-10,16H,1H3. The van der Waals surface area contributed by atoms with E-state index in [1.165, 1.54) is 18.2 Å². The molecule has 1 unspecified atom stereocenters. The van der Waals surface area contributed by atoms with Gasteiger partial charge in [-0.2, -0.15) is 0 Å². The molecule has 0 bridgehead atoms. The van der Waals surface area contributed by atoms with Gasteiger partial charge >= 0.3 is 0 Å². The minimum atomic E-state index is -0.454. The Hall–Kier alpha value is -2.43. The fraction of sp³-hybridized carbons (Fsp3) is 0.143. The maximum absolute atomic E-state index is 13.6.